The minimum absolute atomic E-state index is 0.0714. The van der Waals surface area contributed by atoms with Crippen molar-refractivity contribution in [3.05, 3.63) is 89.2 Å². The van der Waals surface area contributed by atoms with Crippen molar-refractivity contribution in [2.24, 2.45) is 0 Å². The Morgan fingerprint density at radius 2 is 1.66 bits per heavy atom. The predicted molar refractivity (Wildman–Crippen MR) is 113 cm³/mol. The summed E-state index contributed by atoms with van der Waals surface area (Å²) in [5.74, 6) is 0.0804. The third-order valence-corrected chi connectivity index (χ3v) is 7.03. The number of anilines is 1. The number of benzene rings is 3. The number of methoxy groups -OCH3 is 1. The van der Waals surface area contributed by atoms with E-state index >= 15 is 0 Å². The molecule has 0 spiro atoms. The average molecular weight is 414 g/mol. The molecule has 0 saturated heterocycles. The Balaban J connectivity index is 2.23. The number of ether oxygens (including phenoxy) is 1. The largest absolute Gasteiger partial charge is 0.497 e. The van der Waals surface area contributed by atoms with Crippen LogP contribution in [0.1, 0.15) is 29.7 Å². The molecular weight excluding hydrogens is 389 g/mol. The fourth-order valence-corrected chi connectivity index (χ4v) is 5.35. The molecule has 0 heterocycles. The minimum atomic E-state index is -3.98. The lowest BCUT2D eigenvalue weighted by Crippen LogP contribution is -2.34. The Kier molecular flexibility index (Phi) is 5.94. The van der Waals surface area contributed by atoms with Gasteiger partial charge >= 0.3 is 0 Å². The minimum Gasteiger partial charge on any atom is -0.497 e. The van der Waals surface area contributed by atoms with Gasteiger partial charge in [-0.1, -0.05) is 30.3 Å². The van der Waals surface area contributed by atoms with E-state index in [2.05, 4.69) is 0 Å². The number of sulfonamides is 1. The summed E-state index contributed by atoms with van der Waals surface area (Å²) < 4.78 is 47.8. The van der Waals surface area contributed by atoms with Crippen molar-refractivity contribution >= 4 is 15.7 Å². The van der Waals surface area contributed by atoms with Crippen LogP contribution in [0.15, 0.2) is 71.6 Å². The van der Waals surface area contributed by atoms with Crippen LogP contribution in [0, 0.1) is 19.7 Å². The van der Waals surface area contributed by atoms with Crippen LogP contribution in [0.2, 0.25) is 0 Å². The van der Waals surface area contributed by atoms with Gasteiger partial charge in [-0.15, -0.1) is 0 Å². The Bertz CT molecular complexity index is 1130. The number of hydrogen-bond acceptors (Lipinski definition) is 3. The fourth-order valence-electron chi connectivity index (χ4n) is 3.51. The zero-order valence-corrected chi connectivity index (χ0v) is 17.7. The number of rotatable bonds is 6. The van der Waals surface area contributed by atoms with Gasteiger partial charge in [0, 0.05) is 6.07 Å². The van der Waals surface area contributed by atoms with Gasteiger partial charge in [0.25, 0.3) is 10.0 Å². The van der Waals surface area contributed by atoms with Crippen molar-refractivity contribution < 1.29 is 17.5 Å². The van der Waals surface area contributed by atoms with Crippen molar-refractivity contribution in [3.63, 3.8) is 0 Å². The molecule has 0 N–H and O–H groups in total. The first-order valence-electron chi connectivity index (χ1n) is 9.26. The van der Waals surface area contributed by atoms with Crippen LogP contribution in [-0.4, -0.2) is 15.5 Å². The molecule has 6 heteroatoms. The topological polar surface area (TPSA) is 46.6 Å². The normalized spacial score (nSPS) is 12.4. The molecule has 0 radical (unpaired) electrons. The van der Waals surface area contributed by atoms with Crippen LogP contribution in [0.4, 0.5) is 10.1 Å². The van der Waals surface area contributed by atoms with E-state index in [-0.39, 0.29) is 4.90 Å². The maximum atomic E-state index is 13.8. The summed E-state index contributed by atoms with van der Waals surface area (Å²) in [5.41, 5.74) is 2.70. The van der Waals surface area contributed by atoms with E-state index in [1.807, 2.05) is 38.1 Å². The first-order valence-corrected chi connectivity index (χ1v) is 10.7. The zero-order valence-electron chi connectivity index (χ0n) is 16.9. The zero-order chi connectivity index (χ0) is 21.2. The monoisotopic (exact) mass is 413 g/mol. The first kappa shape index (κ1) is 20.9. The van der Waals surface area contributed by atoms with E-state index in [0.29, 0.717) is 17.0 Å². The Morgan fingerprint density at radius 3 is 2.31 bits per heavy atom. The molecule has 0 aliphatic rings. The smallest absolute Gasteiger partial charge is 0.265 e. The highest BCUT2D eigenvalue weighted by Crippen LogP contribution is 2.36. The Labute approximate surface area is 171 Å². The third-order valence-electron chi connectivity index (χ3n) is 4.97. The quantitative estimate of drug-likeness (QED) is 0.543. The fraction of sp³-hybridized carbons (Fsp3) is 0.217. The summed E-state index contributed by atoms with van der Waals surface area (Å²) in [6, 6.07) is 17.8. The van der Waals surface area contributed by atoms with Gasteiger partial charge in [-0.05, 0) is 67.8 Å². The van der Waals surface area contributed by atoms with Gasteiger partial charge in [0.1, 0.15) is 11.6 Å². The molecule has 3 aromatic rings. The molecular formula is C23H24FNO3S. The van der Waals surface area contributed by atoms with Gasteiger partial charge in [-0.2, -0.15) is 0 Å². The average Bonchev–Trinajstić information content (AvgIpc) is 2.68. The van der Waals surface area contributed by atoms with Crippen molar-refractivity contribution in [1.82, 2.24) is 0 Å². The summed E-state index contributed by atoms with van der Waals surface area (Å²) in [5, 5.41) is 0. The van der Waals surface area contributed by atoms with E-state index in [1.54, 1.807) is 31.2 Å². The molecule has 0 bridgehead atoms. The van der Waals surface area contributed by atoms with E-state index in [9.17, 15) is 12.8 Å². The molecule has 152 valence electrons. The maximum Gasteiger partial charge on any atom is 0.265 e. The van der Waals surface area contributed by atoms with Gasteiger partial charge in [0.05, 0.1) is 23.7 Å². The number of halogens is 1. The molecule has 29 heavy (non-hydrogen) atoms. The van der Waals surface area contributed by atoms with Gasteiger partial charge in [0.15, 0.2) is 0 Å². The maximum absolute atomic E-state index is 13.8. The van der Waals surface area contributed by atoms with Crippen LogP contribution in [0.3, 0.4) is 0 Å². The first-order chi connectivity index (χ1) is 13.8. The van der Waals surface area contributed by atoms with Crippen LogP contribution >= 0.6 is 0 Å². The van der Waals surface area contributed by atoms with Gasteiger partial charge < -0.3 is 4.74 Å². The van der Waals surface area contributed by atoms with E-state index in [4.69, 9.17) is 4.74 Å². The second-order valence-corrected chi connectivity index (χ2v) is 8.73. The van der Waals surface area contributed by atoms with Crippen molar-refractivity contribution in [2.75, 3.05) is 11.4 Å². The molecule has 1 unspecified atom stereocenters. The molecule has 4 nitrogen and oxygen atoms in total. The predicted octanol–water partition coefficient (Wildman–Crippen LogP) is 5.41. The number of aryl methyl sites for hydroxylation is 2. The van der Waals surface area contributed by atoms with E-state index in [1.165, 1.54) is 29.6 Å². The van der Waals surface area contributed by atoms with Gasteiger partial charge in [-0.25, -0.2) is 12.8 Å². The summed E-state index contributed by atoms with van der Waals surface area (Å²) >= 11 is 0. The van der Waals surface area contributed by atoms with Crippen molar-refractivity contribution in [1.29, 1.82) is 0 Å². The standard InChI is InChI=1S/C23H24FNO3S/c1-16-8-5-6-11-22(16)18(3)25(20-9-7-10-21(15-20)28-4)29(26,27)23-13-12-19(24)14-17(23)2/h5-15,18H,1-4H3. The van der Waals surface area contributed by atoms with E-state index < -0.39 is 21.9 Å². The van der Waals surface area contributed by atoms with Crippen molar-refractivity contribution in [3.8, 4) is 5.75 Å². The van der Waals surface area contributed by atoms with Crippen LogP contribution in [-0.2, 0) is 10.0 Å². The summed E-state index contributed by atoms with van der Waals surface area (Å²) in [6.07, 6.45) is 0. The van der Waals surface area contributed by atoms with Crippen LogP contribution < -0.4 is 9.04 Å². The Hall–Kier alpha value is -2.86. The molecule has 0 aliphatic heterocycles. The molecule has 0 amide bonds. The third kappa shape index (κ3) is 4.12. The Morgan fingerprint density at radius 1 is 0.931 bits per heavy atom. The number of hydrogen-bond donors (Lipinski definition) is 0. The molecule has 0 aliphatic carbocycles. The van der Waals surface area contributed by atoms with E-state index in [0.717, 1.165) is 11.1 Å². The second-order valence-electron chi connectivity index (χ2n) is 6.94. The molecule has 3 rings (SSSR count). The summed E-state index contributed by atoms with van der Waals surface area (Å²) in [7, 11) is -2.44. The SMILES string of the molecule is COc1cccc(N(C(C)c2ccccc2C)S(=O)(=O)c2ccc(F)cc2C)c1. The lowest BCUT2D eigenvalue weighted by atomic mass is 10.0. The van der Waals surface area contributed by atoms with Crippen molar-refractivity contribution in [2.45, 2.75) is 31.7 Å². The molecule has 3 aromatic carbocycles. The van der Waals surface area contributed by atoms with Gasteiger partial charge in [0.2, 0.25) is 0 Å². The van der Waals surface area contributed by atoms with Crippen LogP contribution in [0.5, 0.6) is 5.75 Å². The van der Waals surface area contributed by atoms with Crippen LogP contribution in [0.25, 0.3) is 0 Å². The summed E-state index contributed by atoms with van der Waals surface area (Å²) in [4.78, 5) is 0.0714. The van der Waals surface area contributed by atoms with Gasteiger partial charge in [-0.3, -0.25) is 4.31 Å². The lowest BCUT2D eigenvalue weighted by molar-refractivity contribution is 0.415. The highest BCUT2D eigenvalue weighted by atomic mass is 32.2. The number of nitrogens with zero attached hydrogens (tertiary/aromatic N) is 1. The summed E-state index contributed by atoms with van der Waals surface area (Å²) in [6.45, 7) is 5.39. The highest BCUT2D eigenvalue weighted by Gasteiger charge is 2.32. The molecule has 0 aromatic heterocycles. The molecule has 1 atom stereocenters. The molecule has 0 fully saturated rings. The lowest BCUT2D eigenvalue weighted by Gasteiger charge is -2.32. The highest BCUT2D eigenvalue weighted by molar-refractivity contribution is 7.92. The second kappa shape index (κ2) is 8.25. The molecule has 0 saturated carbocycles.